The van der Waals surface area contributed by atoms with E-state index >= 15 is 0 Å². The lowest BCUT2D eigenvalue weighted by Gasteiger charge is -2.32. The fourth-order valence-electron chi connectivity index (χ4n) is 3.45. The number of hydrogen-bond acceptors (Lipinski definition) is 5. The van der Waals surface area contributed by atoms with Gasteiger partial charge in [-0.25, -0.2) is 4.68 Å². The minimum absolute atomic E-state index is 0. The van der Waals surface area contributed by atoms with E-state index in [2.05, 4.69) is 15.3 Å². The quantitative estimate of drug-likeness (QED) is 0.746. The first kappa shape index (κ1) is 21.2. The Morgan fingerprint density at radius 2 is 2.19 bits per heavy atom. The van der Waals surface area contributed by atoms with Crippen molar-refractivity contribution in [1.29, 1.82) is 0 Å². The molecule has 0 saturated carbocycles. The molecule has 3 rings (SSSR count). The molecule has 27 heavy (non-hydrogen) atoms. The first-order valence-electron chi connectivity index (χ1n) is 9.09. The van der Waals surface area contributed by atoms with Gasteiger partial charge in [0.05, 0.1) is 18.7 Å². The number of piperidine rings is 1. The molecule has 3 N–H and O–H groups in total. The lowest BCUT2D eigenvalue weighted by molar-refractivity contribution is -0.126. The molecular weight excluding hydrogens is 366 g/mol. The molecule has 1 fully saturated rings. The first-order chi connectivity index (χ1) is 12.7. The van der Waals surface area contributed by atoms with Crippen molar-refractivity contribution in [1.82, 2.24) is 20.0 Å². The highest BCUT2D eigenvalue weighted by atomic mass is 35.5. The van der Waals surface area contributed by atoms with Gasteiger partial charge in [0.25, 0.3) is 0 Å². The molecule has 1 unspecified atom stereocenters. The maximum absolute atomic E-state index is 12.2. The monoisotopic (exact) mass is 393 g/mol. The predicted molar refractivity (Wildman–Crippen MR) is 107 cm³/mol. The summed E-state index contributed by atoms with van der Waals surface area (Å²) in [7, 11) is 1.66. The Kier molecular flexibility index (Phi) is 8.09. The van der Waals surface area contributed by atoms with Crippen LogP contribution in [0.4, 0.5) is 0 Å². The molecule has 2 heterocycles. The van der Waals surface area contributed by atoms with Gasteiger partial charge in [0, 0.05) is 32.4 Å². The molecule has 0 aliphatic carbocycles. The third kappa shape index (κ3) is 5.22. The van der Waals surface area contributed by atoms with Crippen molar-refractivity contribution in [2.45, 2.75) is 19.4 Å². The number of likely N-dealkylation sites (tertiary alicyclic amines) is 1. The van der Waals surface area contributed by atoms with Gasteiger partial charge in [-0.3, -0.25) is 9.69 Å². The number of carbonyl (C=O) groups excluding carboxylic acids is 1. The number of amides is 1. The average Bonchev–Trinajstić information content (AvgIpc) is 3.14. The molecule has 1 atom stereocenters. The van der Waals surface area contributed by atoms with Gasteiger partial charge >= 0.3 is 0 Å². The van der Waals surface area contributed by atoms with Crippen LogP contribution in [-0.2, 0) is 11.3 Å². The van der Waals surface area contributed by atoms with Crippen LogP contribution in [0.5, 0.6) is 5.75 Å². The number of methoxy groups -OCH3 is 1. The molecule has 1 aliphatic heterocycles. The Hall–Kier alpha value is -2.09. The van der Waals surface area contributed by atoms with Crippen molar-refractivity contribution in [3.05, 3.63) is 42.2 Å². The van der Waals surface area contributed by atoms with Crippen molar-refractivity contribution in [2.75, 3.05) is 33.3 Å². The van der Waals surface area contributed by atoms with Crippen molar-refractivity contribution >= 4 is 18.3 Å². The summed E-state index contributed by atoms with van der Waals surface area (Å²) in [6, 6.07) is 9.86. The van der Waals surface area contributed by atoms with E-state index in [-0.39, 0.29) is 24.2 Å². The second-order valence-electron chi connectivity index (χ2n) is 6.56. The molecular formula is C19H28ClN5O2. The third-order valence-electron chi connectivity index (χ3n) is 4.74. The first-order valence-corrected chi connectivity index (χ1v) is 9.09. The molecule has 1 aromatic heterocycles. The van der Waals surface area contributed by atoms with Crippen LogP contribution in [0.2, 0.25) is 0 Å². The second kappa shape index (κ2) is 10.3. The molecule has 0 radical (unpaired) electrons. The molecule has 1 amide bonds. The molecule has 8 heteroatoms. The standard InChI is InChI=1S/C19H27N5O2.ClH/c1-26-18-7-3-2-6-17(18)24-16(8-10-22-24)14-23-12-4-5-15(13-23)19(25)21-11-9-20;/h2-3,6-8,10,15H,4-5,9,11-14,20H2,1H3,(H,21,25);1H. The van der Waals surface area contributed by atoms with Gasteiger partial charge in [-0.05, 0) is 37.6 Å². The van der Waals surface area contributed by atoms with Crippen molar-refractivity contribution in [3.63, 3.8) is 0 Å². The molecule has 7 nitrogen and oxygen atoms in total. The number of nitrogens with one attached hydrogen (secondary N) is 1. The number of halogens is 1. The minimum Gasteiger partial charge on any atom is -0.494 e. The fraction of sp³-hybridized carbons (Fsp3) is 0.474. The summed E-state index contributed by atoms with van der Waals surface area (Å²) in [4.78, 5) is 14.6. The van der Waals surface area contributed by atoms with Gasteiger partial charge in [0.1, 0.15) is 11.4 Å². The summed E-state index contributed by atoms with van der Waals surface area (Å²) >= 11 is 0. The van der Waals surface area contributed by atoms with Crippen LogP contribution in [0.25, 0.3) is 5.69 Å². The van der Waals surface area contributed by atoms with Gasteiger partial charge in [0.15, 0.2) is 0 Å². The Morgan fingerprint density at radius 1 is 1.37 bits per heavy atom. The van der Waals surface area contributed by atoms with Gasteiger partial charge in [-0.15, -0.1) is 12.4 Å². The van der Waals surface area contributed by atoms with E-state index in [0.29, 0.717) is 13.1 Å². The number of aromatic nitrogens is 2. The summed E-state index contributed by atoms with van der Waals surface area (Å²) in [6.45, 7) is 3.50. The van der Waals surface area contributed by atoms with Crippen molar-refractivity contribution in [2.24, 2.45) is 11.7 Å². The smallest absolute Gasteiger partial charge is 0.224 e. The molecule has 1 saturated heterocycles. The zero-order valence-corrected chi connectivity index (χ0v) is 16.5. The predicted octanol–water partition coefficient (Wildman–Crippen LogP) is 1.59. The van der Waals surface area contributed by atoms with E-state index in [0.717, 1.165) is 49.6 Å². The van der Waals surface area contributed by atoms with Crippen LogP contribution in [0.3, 0.4) is 0 Å². The van der Waals surface area contributed by atoms with Crippen LogP contribution in [-0.4, -0.2) is 53.9 Å². The number of benzene rings is 1. The fourth-order valence-corrected chi connectivity index (χ4v) is 3.45. The Bertz CT molecular complexity index is 736. The molecule has 1 aromatic carbocycles. The summed E-state index contributed by atoms with van der Waals surface area (Å²) in [5, 5.41) is 7.38. The molecule has 2 aromatic rings. The van der Waals surface area contributed by atoms with Crippen molar-refractivity contribution < 1.29 is 9.53 Å². The van der Waals surface area contributed by atoms with E-state index in [9.17, 15) is 4.79 Å². The van der Waals surface area contributed by atoms with E-state index in [1.54, 1.807) is 13.3 Å². The topological polar surface area (TPSA) is 85.4 Å². The normalized spacial score (nSPS) is 17.2. The third-order valence-corrected chi connectivity index (χ3v) is 4.74. The zero-order valence-electron chi connectivity index (χ0n) is 15.6. The zero-order chi connectivity index (χ0) is 18.4. The summed E-state index contributed by atoms with van der Waals surface area (Å²) in [5.41, 5.74) is 7.48. The minimum atomic E-state index is 0. The Balaban J connectivity index is 0.00000261. The van der Waals surface area contributed by atoms with Crippen LogP contribution < -0.4 is 15.8 Å². The van der Waals surface area contributed by atoms with Crippen LogP contribution >= 0.6 is 12.4 Å². The number of ether oxygens (including phenoxy) is 1. The average molecular weight is 394 g/mol. The highest BCUT2D eigenvalue weighted by molar-refractivity contribution is 5.85. The lowest BCUT2D eigenvalue weighted by Crippen LogP contribution is -2.43. The summed E-state index contributed by atoms with van der Waals surface area (Å²) in [5.74, 6) is 0.923. The lowest BCUT2D eigenvalue weighted by atomic mass is 9.97. The number of para-hydroxylation sites is 2. The Morgan fingerprint density at radius 3 is 2.96 bits per heavy atom. The summed E-state index contributed by atoms with van der Waals surface area (Å²) < 4.78 is 7.38. The van der Waals surface area contributed by atoms with Crippen molar-refractivity contribution in [3.8, 4) is 11.4 Å². The number of nitrogens with zero attached hydrogens (tertiary/aromatic N) is 3. The van der Waals surface area contributed by atoms with Crippen LogP contribution in [0.1, 0.15) is 18.5 Å². The molecule has 0 spiro atoms. The molecule has 148 valence electrons. The van der Waals surface area contributed by atoms with Gasteiger partial charge in [-0.1, -0.05) is 12.1 Å². The van der Waals surface area contributed by atoms with E-state index in [4.69, 9.17) is 10.5 Å². The van der Waals surface area contributed by atoms with Gasteiger partial charge in [0.2, 0.25) is 5.91 Å². The Labute approximate surface area is 166 Å². The highest BCUT2D eigenvalue weighted by Crippen LogP contribution is 2.24. The summed E-state index contributed by atoms with van der Waals surface area (Å²) in [6.07, 6.45) is 3.75. The maximum atomic E-state index is 12.2. The number of rotatable bonds is 7. The van der Waals surface area contributed by atoms with Crippen LogP contribution in [0.15, 0.2) is 36.5 Å². The van der Waals surface area contributed by atoms with E-state index in [1.807, 2.05) is 35.0 Å². The van der Waals surface area contributed by atoms with Gasteiger partial charge in [-0.2, -0.15) is 5.10 Å². The SMILES string of the molecule is COc1ccccc1-n1nccc1CN1CCCC(C(=O)NCCN)C1.Cl. The molecule has 1 aliphatic rings. The highest BCUT2D eigenvalue weighted by Gasteiger charge is 2.26. The second-order valence-corrected chi connectivity index (χ2v) is 6.56. The number of nitrogens with two attached hydrogens (primary N) is 1. The number of hydrogen-bond donors (Lipinski definition) is 2. The van der Waals surface area contributed by atoms with Gasteiger partial charge < -0.3 is 15.8 Å². The van der Waals surface area contributed by atoms with Crippen LogP contribution in [0, 0.1) is 5.92 Å². The maximum Gasteiger partial charge on any atom is 0.224 e. The van der Waals surface area contributed by atoms with E-state index < -0.39 is 0 Å². The molecule has 0 bridgehead atoms. The van der Waals surface area contributed by atoms with E-state index in [1.165, 1.54) is 0 Å². The largest absolute Gasteiger partial charge is 0.494 e. The number of carbonyl (C=O) groups is 1.